The van der Waals surface area contributed by atoms with Gasteiger partial charge in [0.1, 0.15) is 0 Å². The highest BCUT2D eigenvalue weighted by atomic mass is 32.2. The van der Waals surface area contributed by atoms with Gasteiger partial charge in [-0.3, -0.25) is 0 Å². The Bertz CT molecular complexity index is 614. The van der Waals surface area contributed by atoms with Crippen molar-refractivity contribution in [3.63, 3.8) is 0 Å². The predicted octanol–water partition coefficient (Wildman–Crippen LogP) is 3.47. The molecule has 0 saturated heterocycles. The SMILES string of the molecule is O=S1(=O)N=C(C2CCCCCCC2)c2ccccc2O1. The van der Waals surface area contributed by atoms with Crippen molar-refractivity contribution in [1.82, 2.24) is 0 Å². The van der Waals surface area contributed by atoms with Crippen molar-refractivity contribution in [3.05, 3.63) is 29.8 Å². The van der Waals surface area contributed by atoms with Crippen LogP contribution < -0.4 is 4.18 Å². The molecule has 0 unspecified atom stereocenters. The number of para-hydroxylation sites is 1. The molecule has 0 N–H and O–H groups in total. The third kappa shape index (κ3) is 2.87. The van der Waals surface area contributed by atoms with Gasteiger partial charge in [-0.1, -0.05) is 44.2 Å². The summed E-state index contributed by atoms with van der Waals surface area (Å²) in [7, 11) is -3.83. The lowest BCUT2D eigenvalue weighted by molar-refractivity contribution is 0.447. The molecule has 0 radical (unpaired) electrons. The molecule has 3 rings (SSSR count). The molecule has 0 amide bonds. The summed E-state index contributed by atoms with van der Waals surface area (Å²) in [4.78, 5) is 0. The van der Waals surface area contributed by atoms with E-state index in [1.54, 1.807) is 12.1 Å². The summed E-state index contributed by atoms with van der Waals surface area (Å²) in [6.45, 7) is 0. The normalized spacial score (nSPS) is 22.9. The molecule has 1 aromatic carbocycles. The van der Waals surface area contributed by atoms with Gasteiger partial charge in [-0.05, 0) is 25.0 Å². The summed E-state index contributed by atoms with van der Waals surface area (Å²) < 4.78 is 32.5. The Morgan fingerprint density at radius 3 is 2.40 bits per heavy atom. The summed E-state index contributed by atoms with van der Waals surface area (Å²) in [5, 5.41) is 0. The van der Waals surface area contributed by atoms with E-state index in [4.69, 9.17) is 4.18 Å². The molecule has 2 aliphatic rings. The van der Waals surface area contributed by atoms with E-state index in [-0.39, 0.29) is 5.92 Å². The molecular weight excluding hydrogens is 274 g/mol. The van der Waals surface area contributed by atoms with Crippen LogP contribution in [0.1, 0.15) is 50.5 Å². The second-order valence-electron chi connectivity index (χ2n) is 5.53. The van der Waals surface area contributed by atoms with Crippen LogP contribution in [0.3, 0.4) is 0 Å². The van der Waals surface area contributed by atoms with Gasteiger partial charge in [0, 0.05) is 11.5 Å². The zero-order valence-corrected chi connectivity index (χ0v) is 12.2. The monoisotopic (exact) mass is 293 g/mol. The fraction of sp³-hybridized carbons (Fsp3) is 0.533. The number of rotatable bonds is 1. The van der Waals surface area contributed by atoms with Crippen molar-refractivity contribution in [2.75, 3.05) is 0 Å². The first-order chi connectivity index (χ1) is 9.66. The number of nitrogens with zero attached hydrogens (tertiary/aromatic N) is 1. The first kappa shape index (κ1) is 13.6. The lowest BCUT2D eigenvalue weighted by Crippen LogP contribution is -2.25. The molecule has 0 atom stereocenters. The molecule has 0 spiro atoms. The molecule has 1 aromatic rings. The maximum Gasteiger partial charge on any atom is 0.428 e. The zero-order valence-electron chi connectivity index (χ0n) is 11.4. The van der Waals surface area contributed by atoms with Crippen LogP contribution in [-0.2, 0) is 10.3 Å². The lowest BCUT2D eigenvalue weighted by Gasteiger charge is -2.25. The van der Waals surface area contributed by atoms with E-state index >= 15 is 0 Å². The van der Waals surface area contributed by atoms with Crippen LogP contribution in [0.4, 0.5) is 0 Å². The molecule has 108 valence electrons. The fourth-order valence-corrected chi connectivity index (χ4v) is 3.97. The number of hydrogen-bond acceptors (Lipinski definition) is 3. The summed E-state index contributed by atoms with van der Waals surface area (Å²) in [6, 6.07) is 7.29. The summed E-state index contributed by atoms with van der Waals surface area (Å²) >= 11 is 0. The molecule has 5 heteroatoms. The van der Waals surface area contributed by atoms with Gasteiger partial charge in [0.05, 0.1) is 5.71 Å². The van der Waals surface area contributed by atoms with Crippen molar-refractivity contribution in [2.24, 2.45) is 10.3 Å². The second-order valence-corrected chi connectivity index (χ2v) is 6.73. The highest BCUT2D eigenvalue weighted by Gasteiger charge is 2.29. The predicted molar refractivity (Wildman–Crippen MR) is 78.3 cm³/mol. The Morgan fingerprint density at radius 1 is 1.00 bits per heavy atom. The minimum atomic E-state index is -3.83. The van der Waals surface area contributed by atoms with Crippen molar-refractivity contribution < 1.29 is 12.6 Å². The minimum Gasteiger partial charge on any atom is -0.365 e. The Morgan fingerprint density at radius 2 is 1.65 bits per heavy atom. The first-order valence-corrected chi connectivity index (χ1v) is 8.66. The topological polar surface area (TPSA) is 55.7 Å². The molecule has 1 fully saturated rings. The lowest BCUT2D eigenvalue weighted by atomic mass is 9.85. The second kappa shape index (κ2) is 5.56. The Kier molecular flexibility index (Phi) is 3.78. The molecule has 4 nitrogen and oxygen atoms in total. The van der Waals surface area contributed by atoms with Crippen LogP contribution in [0.25, 0.3) is 0 Å². The Labute approximate surface area is 120 Å². The van der Waals surface area contributed by atoms with Gasteiger partial charge in [0.25, 0.3) is 0 Å². The highest BCUT2D eigenvalue weighted by molar-refractivity contribution is 7.86. The van der Waals surface area contributed by atoms with Crippen LogP contribution in [0.15, 0.2) is 28.7 Å². The molecule has 1 saturated carbocycles. The van der Waals surface area contributed by atoms with Gasteiger partial charge in [-0.25, -0.2) is 0 Å². The van der Waals surface area contributed by atoms with E-state index in [1.165, 1.54) is 19.3 Å². The third-order valence-corrected chi connectivity index (χ3v) is 4.87. The van der Waals surface area contributed by atoms with Crippen LogP contribution >= 0.6 is 0 Å². The smallest absolute Gasteiger partial charge is 0.365 e. The maximum absolute atomic E-state index is 11.8. The van der Waals surface area contributed by atoms with Gasteiger partial charge in [-0.15, -0.1) is 4.40 Å². The molecule has 1 aliphatic carbocycles. The van der Waals surface area contributed by atoms with Gasteiger partial charge in [0.15, 0.2) is 5.75 Å². The van der Waals surface area contributed by atoms with Crippen LogP contribution in [-0.4, -0.2) is 14.1 Å². The number of benzene rings is 1. The third-order valence-electron chi connectivity index (χ3n) is 4.06. The average Bonchev–Trinajstić information content (AvgIpc) is 2.36. The zero-order chi connectivity index (χ0) is 14.0. The van der Waals surface area contributed by atoms with Crippen LogP contribution in [0.2, 0.25) is 0 Å². The number of fused-ring (bicyclic) bond motifs is 1. The standard InChI is InChI=1S/C15H19NO3S/c17-20(18)16-15(12-8-4-2-1-3-5-9-12)13-10-6-7-11-14(13)19-20/h6-7,10-12H,1-5,8-9H2. The largest absolute Gasteiger partial charge is 0.428 e. The maximum atomic E-state index is 11.8. The quantitative estimate of drug-likeness (QED) is 0.796. The van der Waals surface area contributed by atoms with E-state index in [2.05, 4.69) is 4.40 Å². The van der Waals surface area contributed by atoms with E-state index in [0.717, 1.165) is 31.2 Å². The van der Waals surface area contributed by atoms with Gasteiger partial charge in [-0.2, -0.15) is 8.42 Å². The van der Waals surface area contributed by atoms with Gasteiger partial charge < -0.3 is 4.18 Å². The van der Waals surface area contributed by atoms with Crippen LogP contribution in [0.5, 0.6) is 5.75 Å². The Hall–Kier alpha value is -1.36. The fourth-order valence-electron chi connectivity index (χ4n) is 3.08. The highest BCUT2D eigenvalue weighted by Crippen LogP contribution is 2.33. The van der Waals surface area contributed by atoms with E-state index in [9.17, 15) is 8.42 Å². The van der Waals surface area contributed by atoms with E-state index in [0.29, 0.717) is 11.5 Å². The molecule has 0 aromatic heterocycles. The molecule has 20 heavy (non-hydrogen) atoms. The van der Waals surface area contributed by atoms with Crippen molar-refractivity contribution in [1.29, 1.82) is 0 Å². The molecule has 1 heterocycles. The van der Waals surface area contributed by atoms with Crippen LogP contribution in [0, 0.1) is 5.92 Å². The summed E-state index contributed by atoms with van der Waals surface area (Å²) in [6.07, 6.45) is 8.07. The van der Waals surface area contributed by atoms with E-state index in [1.807, 2.05) is 12.1 Å². The molecular formula is C15H19NO3S. The molecule has 0 bridgehead atoms. The Balaban J connectivity index is 1.98. The van der Waals surface area contributed by atoms with Crippen molar-refractivity contribution in [3.8, 4) is 5.75 Å². The minimum absolute atomic E-state index is 0.232. The molecule has 1 aliphatic heterocycles. The van der Waals surface area contributed by atoms with Gasteiger partial charge in [0.2, 0.25) is 0 Å². The summed E-state index contributed by atoms with van der Waals surface area (Å²) in [5.41, 5.74) is 1.54. The van der Waals surface area contributed by atoms with Gasteiger partial charge >= 0.3 is 10.3 Å². The number of hydrogen-bond donors (Lipinski definition) is 0. The summed E-state index contributed by atoms with van der Waals surface area (Å²) in [5.74, 6) is 0.648. The van der Waals surface area contributed by atoms with Crippen molar-refractivity contribution >= 4 is 16.0 Å². The van der Waals surface area contributed by atoms with E-state index < -0.39 is 10.3 Å². The average molecular weight is 293 g/mol. The van der Waals surface area contributed by atoms with Crippen molar-refractivity contribution in [2.45, 2.75) is 44.9 Å². The first-order valence-electron chi connectivity index (χ1n) is 7.29.